The van der Waals surface area contributed by atoms with Crippen molar-refractivity contribution in [1.29, 1.82) is 0 Å². The average molecular weight is 571 g/mol. The molecule has 0 saturated carbocycles. The van der Waals surface area contributed by atoms with Gasteiger partial charge in [0, 0.05) is 44.1 Å². The van der Waals surface area contributed by atoms with Crippen molar-refractivity contribution in [3.05, 3.63) is 88.0 Å². The smallest absolute Gasteiger partial charge is 0.244 e. The highest BCUT2D eigenvalue weighted by molar-refractivity contribution is 7.89. The first kappa shape index (κ1) is 26.7. The van der Waals surface area contributed by atoms with Gasteiger partial charge in [-0.25, -0.2) is 8.42 Å². The van der Waals surface area contributed by atoms with Gasteiger partial charge in [0.2, 0.25) is 15.9 Å². The Morgan fingerprint density at radius 2 is 1.44 bits per heavy atom. The minimum atomic E-state index is -3.92. The first-order valence-electron chi connectivity index (χ1n) is 15.0. The summed E-state index contributed by atoms with van der Waals surface area (Å²) in [7, 11) is -1.80. The van der Waals surface area contributed by atoms with Crippen molar-refractivity contribution < 1.29 is 13.2 Å². The molecule has 2 aliphatic heterocycles. The molecule has 1 atom stereocenters. The molecule has 214 valence electrons. The quantitative estimate of drug-likeness (QED) is 0.499. The second-order valence-electron chi connectivity index (χ2n) is 12.0. The van der Waals surface area contributed by atoms with Gasteiger partial charge >= 0.3 is 0 Å². The number of aryl methyl sites for hydroxylation is 2. The fourth-order valence-corrected chi connectivity index (χ4v) is 8.74. The zero-order chi connectivity index (χ0) is 28.1. The van der Waals surface area contributed by atoms with E-state index < -0.39 is 16.1 Å². The molecular formula is C33H38N4O3S. The van der Waals surface area contributed by atoms with Gasteiger partial charge < -0.3 is 15.1 Å². The first-order valence-corrected chi connectivity index (χ1v) is 16.4. The fraction of sp³-hybridized carbons (Fsp3) is 0.424. The van der Waals surface area contributed by atoms with Crippen LogP contribution in [0.3, 0.4) is 0 Å². The molecule has 7 rings (SSSR count). The molecule has 2 aliphatic carbocycles. The van der Waals surface area contributed by atoms with E-state index in [4.69, 9.17) is 0 Å². The number of rotatable bonds is 5. The number of benzene rings is 3. The van der Waals surface area contributed by atoms with Crippen molar-refractivity contribution in [2.24, 2.45) is 0 Å². The van der Waals surface area contributed by atoms with Crippen molar-refractivity contribution in [1.82, 2.24) is 9.21 Å². The molecule has 1 fully saturated rings. The van der Waals surface area contributed by atoms with Gasteiger partial charge in [-0.1, -0.05) is 30.3 Å². The molecule has 0 bridgehead atoms. The molecule has 0 radical (unpaired) electrons. The van der Waals surface area contributed by atoms with Gasteiger partial charge in [0.05, 0.1) is 4.90 Å². The lowest BCUT2D eigenvalue weighted by molar-refractivity contribution is -0.120. The number of likely N-dealkylation sites (N-methyl/N-ethyl adjacent to an activating group) is 1. The topological polar surface area (TPSA) is 73.0 Å². The zero-order valence-corrected chi connectivity index (χ0v) is 24.5. The number of carbonyl (C=O) groups is 1. The largest absolute Gasteiger partial charge is 0.369 e. The standard InChI is InChI=1S/C33H38N4O3S/c1-35-16-18-36(19-17-35)27-12-14-28(15-13-27)41(39,40)37-22-26-7-3-2-6-23(26)21-31(37)33(38)34-32-29-10-4-8-24(29)20-25-9-5-11-30(25)32/h2-3,6-7,12-15,20,31H,4-5,8-11,16-19,21-22H2,1H3,(H,34,38). The molecule has 8 heteroatoms. The number of amides is 1. The van der Waals surface area contributed by atoms with Crippen LogP contribution in [0.5, 0.6) is 0 Å². The highest BCUT2D eigenvalue weighted by atomic mass is 32.2. The highest BCUT2D eigenvalue weighted by Gasteiger charge is 2.40. The summed E-state index contributed by atoms with van der Waals surface area (Å²) < 4.78 is 29.8. The Labute approximate surface area is 243 Å². The number of nitrogens with zero attached hydrogens (tertiary/aromatic N) is 3. The summed E-state index contributed by atoms with van der Waals surface area (Å²) >= 11 is 0. The van der Waals surface area contributed by atoms with E-state index in [1.165, 1.54) is 26.6 Å². The molecule has 3 aromatic rings. The van der Waals surface area contributed by atoms with Crippen LogP contribution in [0, 0.1) is 0 Å². The highest BCUT2D eigenvalue weighted by Crippen LogP contribution is 2.39. The van der Waals surface area contributed by atoms with Crippen molar-refractivity contribution in [2.75, 3.05) is 43.4 Å². The summed E-state index contributed by atoms with van der Waals surface area (Å²) in [6.45, 7) is 3.98. The number of hydrogen-bond donors (Lipinski definition) is 1. The number of piperazine rings is 1. The van der Waals surface area contributed by atoms with Crippen LogP contribution in [-0.2, 0) is 53.5 Å². The van der Waals surface area contributed by atoms with E-state index in [9.17, 15) is 13.2 Å². The van der Waals surface area contributed by atoms with Gasteiger partial charge in [-0.2, -0.15) is 4.31 Å². The Morgan fingerprint density at radius 1 is 0.805 bits per heavy atom. The Bertz CT molecular complexity index is 1560. The Hall–Kier alpha value is -3.20. The molecule has 3 aromatic carbocycles. The summed E-state index contributed by atoms with van der Waals surface area (Å²) in [6.07, 6.45) is 6.59. The number of sulfonamides is 1. The maximum atomic E-state index is 14.2. The summed E-state index contributed by atoms with van der Waals surface area (Å²) in [4.78, 5) is 18.9. The third kappa shape index (κ3) is 4.86. The molecule has 41 heavy (non-hydrogen) atoms. The first-order chi connectivity index (χ1) is 19.9. The third-order valence-electron chi connectivity index (χ3n) is 9.54. The van der Waals surface area contributed by atoms with Crippen LogP contribution in [0.4, 0.5) is 11.4 Å². The fourth-order valence-electron chi connectivity index (χ4n) is 7.18. The maximum Gasteiger partial charge on any atom is 0.244 e. The molecule has 2 heterocycles. The molecule has 0 aromatic heterocycles. The summed E-state index contributed by atoms with van der Waals surface area (Å²) in [5.41, 5.74) is 9.18. The molecule has 0 spiro atoms. The van der Waals surface area contributed by atoms with E-state index in [1.54, 1.807) is 12.1 Å². The SMILES string of the molecule is CN1CCN(c2ccc(S(=O)(=O)N3Cc4ccccc4CC3C(=O)Nc3c4c(cc5c3CCC5)CCC4)cc2)CC1. The van der Waals surface area contributed by atoms with Crippen LogP contribution >= 0.6 is 0 Å². The van der Waals surface area contributed by atoms with Crippen molar-refractivity contribution >= 4 is 27.3 Å². The second kappa shape index (κ2) is 10.6. The van der Waals surface area contributed by atoms with Gasteiger partial charge in [0.1, 0.15) is 6.04 Å². The van der Waals surface area contributed by atoms with Crippen LogP contribution in [0.2, 0.25) is 0 Å². The van der Waals surface area contributed by atoms with Gasteiger partial charge in [0.25, 0.3) is 0 Å². The zero-order valence-electron chi connectivity index (χ0n) is 23.7. The van der Waals surface area contributed by atoms with Crippen LogP contribution in [0.15, 0.2) is 59.5 Å². The van der Waals surface area contributed by atoms with Crippen LogP contribution < -0.4 is 10.2 Å². The molecule has 7 nitrogen and oxygen atoms in total. The van der Waals surface area contributed by atoms with Crippen molar-refractivity contribution in [2.45, 2.75) is 62.4 Å². The molecule has 1 unspecified atom stereocenters. The second-order valence-corrected chi connectivity index (χ2v) is 13.9. The number of hydrogen-bond acceptors (Lipinski definition) is 5. The average Bonchev–Trinajstić information content (AvgIpc) is 3.66. The van der Waals surface area contributed by atoms with E-state index in [2.05, 4.69) is 28.2 Å². The Balaban J connectivity index is 1.20. The predicted molar refractivity (Wildman–Crippen MR) is 162 cm³/mol. The van der Waals surface area contributed by atoms with Crippen LogP contribution in [0.25, 0.3) is 0 Å². The van der Waals surface area contributed by atoms with Crippen molar-refractivity contribution in [3.63, 3.8) is 0 Å². The molecular weight excluding hydrogens is 532 g/mol. The minimum Gasteiger partial charge on any atom is -0.369 e. The number of anilines is 2. The monoisotopic (exact) mass is 570 g/mol. The Morgan fingerprint density at radius 3 is 2.10 bits per heavy atom. The lowest BCUT2D eigenvalue weighted by Gasteiger charge is -2.36. The maximum absolute atomic E-state index is 14.2. The van der Waals surface area contributed by atoms with Crippen LogP contribution in [-0.4, -0.2) is 62.8 Å². The molecule has 1 saturated heterocycles. The normalized spacial score (nSPS) is 20.9. The van der Waals surface area contributed by atoms with Gasteiger partial charge in [0.15, 0.2) is 0 Å². The molecule has 1 amide bonds. The van der Waals surface area contributed by atoms with E-state index in [1.807, 2.05) is 36.4 Å². The minimum absolute atomic E-state index is 0.182. The third-order valence-corrected chi connectivity index (χ3v) is 11.4. The lowest BCUT2D eigenvalue weighted by atomic mass is 9.94. The number of carbonyl (C=O) groups excluding carboxylic acids is 1. The number of nitrogens with one attached hydrogen (secondary N) is 1. The van der Waals surface area contributed by atoms with E-state index in [-0.39, 0.29) is 17.3 Å². The Kier molecular flexibility index (Phi) is 6.88. The van der Waals surface area contributed by atoms with Gasteiger partial charge in [-0.3, -0.25) is 4.79 Å². The van der Waals surface area contributed by atoms with E-state index in [0.717, 1.165) is 87.2 Å². The molecule has 4 aliphatic rings. The molecule has 1 N–H and O–H groups in total. The summed E-state index contributed by atoms with van der Waals surface area (Å²) in [6, 6.07) is 16.6. The van der Waals surface area contributed by atoms with Gasteiger partial charge in [-0.05, 0) is 110 Å². The summed E-state index contributed by atoms with van der Waals surface area (Å²) in [5, 5.41) is 3.30. The van der Waals surface area contributed by atoms with E-state index >= 15 is 0 Å². The predicted octanol–water partition coefficient (Wildman–Crippen LogP) is 4.17. The van der Waals surface area contributed by atoms with Crippen LogP contribution in [0.1, 0.15) is 46.2 Å². The van der Waals surface area contributed by atoms with Crippen molar-refractivity contribution in [3.8, 4) is 0 Å². The lowest BCUT2D eigenvalue weighted by Crippen LogP contribution is -2.50. The number of fused-ring (bicyclic) bond motifs is 3. The summed E-state index contributed by atoms with van der Waals surface area (Å²) in [5.74, 6) is -0.230. The van der Waals surface area contributed by atoms with E-state index in [0.29, 0.717) is 6.42 Å². The van der Waals surface area contributed by atoms with Gasteiger partial charge in [-0.15, -0.1) is 0 Å².